The van der Waals surface area contributed by atoms with Crippen molar-refractivity contribution < 1.29 is 9.53 Å². The predicted octanol–water partition coefficient (Wildman–Crippen LogP) is 4.19. The molecule has 0 aliphatic heterocycles. The van der Waals surface area contributed by atoms with Crippen molar-refractivity contribution in [2.45, 2.75) is 27.2 Å². The second-order valence-corrected chi connectivity index (χ2v) is 5.30. The Hall–Kier alpha value is -1.83. The number of carbonyl (C=O) groups is 1. The molecule has 0 aliphatic carbocycles. The van der Waals surface area contributed by atoms with Crippen LogP contribution >= 0.6 is 0 Å². The van der Waals surface area contributed by atoms with Gasteiger partial charge in [0.15, 0.2) is 0 Å². The average Bonchev–Trinajstić information content (AvgIpc) is 2.35. The van der Waals surface area contributed by atoms with Crippen LogP contribution in [-0.4, -0.2) is 13.4 Å². The van der Waals surface area contributed by atoms with Gasteiger partial charge in [0.25, 0.3) is 0 Å². The number of rotatable bonds is 6. The molecule has 0 saturated heterocycles. The lowest BCUT2D eigenvalue weighted by Crippen LogP contribution is -2.14. The molecule has 1 aromatic rings. The first-order valence-electron chi connectivity index (χ1n) is 6.38. The fraction of sp³-hybridized carbons (Fsp3) is 0.353. The van der Waals surface area contributed by atoms with Crippen molar-refractivity contribution in [1.29, 1.82) is 0 Å². The van der Waals surface area contributed by atoms with E-state index in [1.54, 1.807) is 13.2 Å². The topological polar surface area (TPSA) is 26.3 Å². The van der Waals surface area contributed by atoms with Crippen molar-refractivity contribution in [3.05, 3.63) is 48.1 Å². The Balaban J connectivity index is 3.43. The Morgan fingerprint density at radius 2 is 2.11 bits per heavy atom. The van der Waals surface area contributed by atoms with Crippen LogP contribution in [0.25, 0.3) is 5.57 Å². The van der Waals surface area contributed by atoms with Crippen molar-refractivity contribution in [2.75, 3.05) is 7.11 Å². The molecule has 0 saturated carbocycles. The zero-order valence-electron chi connectivity index (χ0n) is 12.2. The van der Waals surface area contributed by atoms with Gasteiger partial charge in [-0.25, -0.2) is 0 Å². The Labute approximate surface area is 115 Å². The van der Waals surface area contributed by atoms with Crippen molar-refractivity contribution in [2.24, 2.45) is 5.41 Å². The van der Waals surface area contributed by atoms with Gasteiger partial charge in [-0.1, -0.05) is 31.6 Å². The molecular formula is C17H22O2. The van der Waals surface area contributed by atoms with E-state index in [1.807, 2.05) is 25.1 Å². The van der Waals surface area contributed by atoms with Gasteiger partial charge in [0.2, 0.25) is 0 Å². The van der Waals surface area contributed by atoms with Crippen molar-refractivity contribution in [3.8, 4) is 5.75 Å². The fourth-order valence-corrected chi connectivity index (χ4v) is 2.25. The van der Waals surface area contributed by atoms with Crippen LogP contribution in [0.1, 0.15) is 31.4 Å². The first kappa shape index (κ1) is 15.2. The van der Waals surface area contributed by atoms with E-state index in [0.717, 1.165) is 35.2 Å². The minimum Gasteiger partial charge on any atom is -0.496 e. The van der Waals surface area contributed by atoms with Gasteiger partial charge in [-0.3, -0.25) is 4.79 Å². The lowest BCUT2D eigenvalue weighted by molar-refractivity contribution is -0.104. The first-order valence-corrected chi connectivity index (χ1v) is 6.38. The SMILES string of the molecule is C=CCC(C)(C)/C(=C\C=O)c1cc(C)ccc1OC. The number of aryl methyl sites for hydroxylation is 1. The van der Waals surface area contributed by atoms with E-state index in [2.05, 4.69) is 26.5 Å². The van der Waals surface area contributed by atoms with Crippen molar-refractivity contribution in [3.63, 3.8) is 0 Å². The van der Waals surface area contributed by atoms with Crippen LogP contribution in [0.2, 0.25) is 0 Å². The van der Waals surface area contributed by atoms with Gasteiger partial charge >= 0.3 is 0 Å². The van der Waals surface area contributed by atoms with E-state index in [-0.39, 0.29) is 5.41 Å². The highest BCUT2D eigenvalue weighted by molar-refractivity contribution is 5.85. The fourth-order valence-electron chi connectivity index (χ4n) is 2.25. The third-order valence-corrected chi connectivity index (χ3v) is 3.26. The van der Waals surface area contributed by atoms with E-state index in [0.29, 0.717) is 0 Å². The van der Waals surface area contributed by atoms with Gasteiger partial charge < -0.3 is 4.74 Å². The standard InChI is InChI=1S/C17H22O2/c1-6-10-17(3,4)15(9-11-18)14-12-13(2)7-8-16(14)19-5/h6-9,11-12H,1,10H2,2-5H3/b15-9-. The second-order valence-electron chi connectivity index (χ2n) is 5.30. The summed E-state index contributed by atoms with van der Waals surface area (Å²) < 4.78 is 5.42. The molecule has 0 amide bonds. The summed E-state index contributed by atoms with van der Waals surface area (Å²) in [5.74, 6) is 0.788. The molecule has 1 rings (SSSR count). The number of allylic oxidation sites excluding steroid dienone is 3. The number of aldehydes is 1. The van der Waals surface area contributed by atoms with Gasteiger partial charge in [-0.05, 0) is 42.5 Å². The summed E-state index contributed by atoms with van der Waals surface area (Å²) in [5, 5.41) is 0. The van der Waals surface area contributed by atoms with Gasteiger partial charge in [0.1, 0.15) is 12.0 Å². The minimum absolute atomic E-state index is 0.163. The Bertz CT molecular complexity index is 496. The molecule has 0 N–H and O–H groups in total. The quantitative estimate of drug-likeness (QED) is 0.434. The van der Waals surface area contributed by atoms with Crippen LogP contribution in [0.4, 0.5) is 0 Å². The van der Waals surface area contributed by atoms with E-state index < -0.39 is 0 Å². The number of ether oxygens (including phenoxy) is 1. The molecule has 0 aliphatic rings. The van der Waals surface area contributed by atoms with Crippen molar-refractivity contribution in [1.82, 2.24) is 0 Å². The molecule has 0 bridgehead atoms. The highest BCUT2D eigenvalue weighted by Gasteiger charge is 2.25. The third-order valence-electron chi connectivity index (χ3n) is 3.26. The summed E-state index contributed by atoms with van der Waals surface area (Å²) in [6, 6.07) is 5.99. The van der Waals surface area contributed by atoms with Crippen LogP contribution in [-0.2, 0) is 4.79 Å². The maximum atomic E-state index is 11.0. The molecule has 0 radical (unpaired) electrons. The summed E-state index contributed by atoms with van der Waals surface area (Å²) in [6.07, 6.45) is 5.13. The number of hydrogen-bond acceptors (Lipinski definition) is 2. The zero-order chi connectivity index (χ0) is 14.5. The van der Waals surface area contributed by atoms with E-state index in [1.165, 1.54) is 0 Å². The monoisotopic (exact) mass is 258 g/mol. The van der Waals surface area contributed by atoms with Crippen LogP contribution in [0.3, 0.4) is 0 Å². The number of carbonyl (C=O) groups excluding carboxylic acids is 1. The van der Waals surface area contributed by atoms with Gasteiger partial charge in [0.05, 0.1) is 7.11 Å². The highest BCUT2D eigenvalue weighted by Crippen LogP contribution is 2.41. The van der Waals surface area contributed by atoms with E-state index in [4.69, 9.17) is 4.74 Å². The lowest BCUT2D eigenvalue weighted by Gasteiger charge is -2.28. The normalized spacial score (nSPS) is 12.1. The van der Waals surface area contributed by atoms with Gasteiger partial charge in [0, 0.05) is 5.56 Å². The van der Waals surface area contributed by atoms with E-state index in [9.17, 15) is 4.79 Å². The highest BCUT2D eigenvalue weighted by atomic mass is 16.5. The Morgan fingerprint density at radius 1 is 1.42 bits per heavy atom. The molecule has 1 aromatic carbocycles. The minimum atomic E-state index is -0.163. The predicted molar refractivity (Wildman–Crippen MR) is 80.4 cm³/mol. The Kier molecular flexibility index (Phi) is 5.11. The molecule has 2 heteroatoms. The third kappa shape index (κ3) is 3.57. The second kappa shape index (κ2) is 6.37. The molecule has 0 aromatic heterocycles. The first-order chi connectivity index (χ1) is 8.96. The molecule has 0 atom stereocenters. The smallest absolute Gasteiger partial charge is 0.143 e. The number of hydrogen-bond donors (Lipinski definition) is 0. The molecule has 19 heavy (non-hydrogen) atoms. The lowest BCUT2D eigenvalue weighted by atomic mass is 9.77. The molecule has 102 valence electrons. The van der Waals surface area contributed by atoms with Crippen molar-refractivity contribution >= 4 is 11.9 Å². The molecule has 0 spiro atoms. The zero-order valence-corrected chi connectivity index (χ0v) is 12.2. The largest absolute Gasteiger partial charge is 0.496 e. The summed E-state index contributed by atoms with van der Waals surface area (Å²) in [7, 11) is 1.65. The van der Waals surface area contributed by atoms with Gasteiger partial charge in [-0.2, -0.15) is 0 Å². The number of benzene rings is 1. The molecule has 0 fully saturated rings. The molecular weight excluding hydrogens is 236 g/mol. The summed E-state index contributed by atoms with van der Waals surface area (Å²) in [6.45, 7) is 10.0. The molecule has 0 heterocycles. The summed E-state index contributed by atoms with van der Waals surface area (Å²) in [4.78, 5) is 11.0. The summed E-state index contributed by atoms with van der Waals surface area (Å²) in [5.41, 5.74) is 2.93. The van der Waals surface area contributed by atoms with Crippen LogP contribution < -0.4 is 4.74 Å². The summed E-state index contributed by atoms with van der Waals surface area (Å²) >= 11 is 0. The molecule has 0 unspecified atom stereocenters. The molecule has 2 nitrogen and oxygen atoms in total. The van der Waals surface area contributed by atoms with Crippen LogP contribution in [0.5, 0.6) is 5.75 Å². The maximum absolute atomic E-state index is 11.0. The average molecular weight is 258 g/mol. The Morgan fingerprint density at radius 3 is 2.63 bits per heavy atom. The van der Waals surface area contributed by atoms with Crippen LogP contribution in [0, 0.1) is 12.3 Å². The maximum Gasteiger partial charge on any atom is 0.143 e. The van der Waals surface area contributed by atoms with E-state index >= 15 is 0 Å². The van der Waals surface area contributed by atoms with Gasteiger partial charge in [-0.15, -0.1) is 6.58 Å². The van der Waals surface area contributed by atoms with Crippen LogP contribution in [0.15, 0.2) is 36.9 Å². The number of methoxy groups -OCH3 is 1.